The summed E-state index contributed by atoms with van der Waals surface area (Å²) in [5, 5.41) is 7.34. The third-order valence-corrected chi connectivity index (χ3v) is 5.23. The van der Waals surface area contributed by atoms with Crippen LogP contribution in [0.15, 0.2) is 39.9 Å². The molecule has 0 saturated heterocycles. The molecule has 0 aliphatic heterocycles. The van der Waals surface area contributed by atoms with Gasteiger partial charge in [-0.1, -0.05) is 25.4 Å². The first-order valence-electron chi connectivity index (χ1n) is 6.45. The van der Waals surface area contributed by atoms with E-state index in [9.17, 15) is 8.42 Å². The van der Waals surface area contributed by atoms with E-state index in [4.69, 9.17) is 11.6 Å². The average Bonchev–Trinajstić information content (AvgIpc) is 2.89. The topological polar surface area (TPSA) is 58.2 Å². The highest BCUT2D eigenvalue weighted by atomic mass is 35.5. The predicted molar refractivity (Wildman–Crippen MR) is 88.6 cm³/mol. The third kappa shape index (κ3) is 4.44. The van der Waals surface area contributed by atoms with Crippen molar-refractivity contribution in [3.8, 4) is 0 Å². The molecule has 0 atom stereocenters. The largest absolute Gasteiger partial charge is 0.310 e. The van der Waals surface area contributed by atoms with E-state index in [2.05, 4.69) is 10.0 Å². The first-order valence-corrected chi connectivity index (χ1v) is 9.26. The molecule has 0 aliphatic carbocycles. The fourth-order valence-electron chi connectivity index (χ4n) is 1.70. The maximum absolute atomic E-state index is 12.3. The first-order chi connectivity index (χ1) is 9.88. The summed E-state index contributed by atoms with van der Waals surface area (Å²) in [5.41, 5.74) is 1.33. The second-order valence-electron chi connectivity index (χ2n) is 4.91. The predicted octanol–water partition coefficient (Wildman–Crippen LogP) is 3.70. The van der Waals surface area contributed by atoms with Gasteiger partial charge >= 0.3 is 0 Å². The van der Waals surface area contributed by atoms with Gasteiger partial charge in [0, 0.05) is 23.0 Å². The van der Waals surface area contributed by atoms with Gasteiger partial charge in [0.2, 0.25) is 0 Å². The zero-order valence-corrected chi connectivity index (χ0v) is 14.1. The van der Waals surface area contributed by atoms with Gasteiger partial charge in [0.25, 0.3) is 10.0 Å². The minimum Gasteiger partial charge on any atom is -0.310 e. The molecule has 1 aromatic heterocycles. The van der Waals surface area contributed by atoms with Crippen LogP contribution in [0.5, 0.6) is 0 Å². The summed E-state index contributed by atoms with van der Waals surface area (Å²) < 4.78 is 27.2. The van der Waals surface area contributed by atoms with Crippen LogP contribution in [0.3, 0.4) is 0 Å². The second-order valence-corrected chi connectivity index (χ2v) is 7.78. The summed E-state index contributed by atoms with van der Waals surface area (Å²) >= 11 is 7.55. The van der Waals surface area contributed by atoms with E-state index in [0.29, 0.717) is 23.3 Å². The van der Waals surface area contributed by atoms with E-state index in [0.717, 1.165) is 5.56 Å². The molecule has 7 heteroatoms. The van der Waals surface area contributed by atoms with E-state index in [-0.39, 0.29) is 4.90 Å². The van der Waals surface area contributed by atoms with Crippen LogP contribution in [-0.4, -0.2) is 14.5 Å². The van der Waals surface area contributed by atoms with E-state index >= 15 is 0 Å². The Balaban J connectivity index is 2.25. The van der Waals surface area contributed by atoms with Gasteiger partial charge in [0.1, 0.15) is 0 Å². The Hall–Kier alpha value is -1.08. The molecule has 2 aromatic rings. The van der Waals surface area contributed by atoms with Crippen LogP contribution in [0.2, 0.25) is 5.02 Å². The van der Waals surface area contributed by atoms with E-state index < -0.39 is 10.0 Å². The molecule has 21 heavy (non-hydrogen) atoms. The van der Waals surface area contributed by atoms with Crippen LogP contribution in [0.1, 0.15) is 19.4 Å². The van der Waals surface area contributed by atoms with Gasteiger partial charge in [-0.2, -0.15) is 11.3 Å². The number of hydrogen-bond acceptors (Lipinski definition) is 4. The minimum absolute atomic E-state index is 0.207. The van der Waals surface area contributed by atoms with Crippen molar-refractivity contribution in [3.05, 3.63) is 45.6 Å². The molecule has 0 amide bonds. The molecule has 2 N–H and O–H groups in total. The number of rotatable bonds is 6. The lowest BCUT2D eigenvalue weighted by atomic mass is 10.2. The number of thiophene rings is 1. The first kappa shape index (κ1) is 16.3. The number of benzene rings is 1. The zero-order valence-electron chi connectivity index (χ0n) is 11.8. The Kier molecular flexibility index (Phi) is 5.27. The number of halogens is 1. The second kappa shape index (κ2) is 6.79. The summed E-state index contributed by atoms with van der Waals surface area (Å²) in [4.78, 5) is 0.207. The molecule has 0 aliphatic rings. The average molecular weight is 345 g/mol. The van der Waals surface area contributed by atoms with Crippen molar-refractivity contribution in [1.29, 1.82) is 0 Å². The van der Waals surface area contributed by atoms with Gasteiger partial charge < -0.3 is 5.32 Å². The molecular formula is C14H17ClN2O2S2. The third-order valence-electron chi connectivity index (χ3n) is 2.80. The number of sulfonamides is 1. The summed E-state index contributed by atoms with van der Waals surface area (Å²) in [6.45, 7) is 4.57. The van der Waals surface area contributed by atoms with Crippen molar-refractivity contribution in [1.82, 2.24) is 5.32 Å². The number of hydrogen-bond donors (Lipinski definition) is 2. The minimum atomic E-state index is -3.59. The Morgan fingerprint density at radius 3 is 2.67 bits per heavy atom. The molecule has 0 radical (unpaired) electrons. The molecule has 2 rings (SSSR count). The lowest BCUT2D eigenvalue weighted by Gasteiger charge is -2.12. The van der Waals surface area contributed by atoms with Gasteiger partial charge in [-0.3, -0.25) is 4.72 Å². The summed E-state index contributed by atoms with van der Waals surface area (Å²) in [5.74, 6) is 0. The number of anilines is 1. The van der Waals surface area contributed by atoms with Crippen LogP contribution in [0.4, 0.5) is 5.69 Å². The van der Waals surface area contributed by atoms with Crippen LogP contribution in [-0.2, 0) is 16.6 Å². The smallest absolute Gasteiger partial charge is 0.261 e. The molecule has 1 aromatic carbocycles. The number of nitrogens with one attached hydrogen (secondary N) is 2. The Morgan fingerprint density at radius 1 is 1.29 bits per heavy atom. The molecule has 4 nitrogen and oxygen atoms in total. The van der Waals surface area contributed by atoms with Gasteiger partial charge in [-0.05, 0) is 35.2 Å². The normalized spacial score (nSPS) is 11.8. The molecule has 0 spiro atoms. The highest BCUT2D eigenvalue weighted by Crippen LogP contribution is 2.23. The van der Waals surface area contributed by atoms with Crippen molar-refractivity contribution in [2.75, 3.05) is 4.72 Å². The molecule has 114 valence electrons. The van der Waals surface area contributed by atoms with Gasteiger partial charge in [-0.15, -0.1) is 0 Å². The highest BCUT2D eigenvalue weighted by molar-refractivity contribution is 7.92. The van der Waals surface area contributed by atoms with E-state index in [1.165, 1.54) is 17.4 Å². The highest BCUT2D eigenvalue weighted by Gasteiger charge is 2.16. The molecular weight excluding hydrogens is 328 g/mol. The van der Waals surface area contributed by atoms with Crippen molar-refractivity contribution in [2.24, 2.45) is 0 Å². The van der Waals surface area contributed by atoms with Gasteiger partial charge in [0.15, 0.2) is 0 Å². The standard InChI is InChI=1S/C14H17ClN2O2S2/c1-10(2)16-8-11-7-13(3-4-14(11)15)21(18,19)17-12-5-6-20-9-12/h3-7,9-10,16-17H,8H2,1-2H3. The van der Waals surface area contributed by atoms with Crippen LogP contribution in [0.25, 0.3) is 0 Å². The molecule has 0 fully saturated rings. The van der Waals surface area contributed by atoms with Crippen LogP contribution >= 0.6 is 22.9 Å². The Morgan fingerprint density at radius 2 is 2.05 bits per heavy atom. The van der Waals surface area contributed by atoms with Crippen molar-refractivity contribution < 1.29 is 8.42 Å². The maximum atomic E-state index is 12.3. The SMILES string of the molecule is CC(C)NCc1cc(S(=O)(=O)Nc2ccsc2)ccc1Cl. The van der Waals surface area contributed by atoms with E-state index in [1.54, 1.807) is 23.6 Å². The Bertz CT molecular complexity index is 698. The quantitative estimate of drug-likeness (QED) is 0.840. The Labute approximate surface area is 134 Å². The van der Waals surface area contributed by atoms with Crippen molar-refractivity contribution in [2.45, 2.75) is 31.3 Å². The van der Waals surface area contributed by atoms with Crippen molar-refractivity contribution in [3.63, 3.8) is 0 Å². The fourth-order valence-corrected chi connectivity index (χ4v) is 3.65. The van der Waals surface area contributed by atoms with Gasteiger partial charge in [0.05, 0.1) is 10.6 Å². The molecule has 0 saturated carbocycles. The molecule has 0 unspecified atom stereocenters. The van der Waals surface area contributed by atoms with Crippen LogP contribution in [0, 0.1) is 0 Å². The summed E-state index contributed by atoms with van der Waals surface area (Å²) in [6, 6.07) is 6.74. The molecule has 0 bridgehead atoms. The summed E-state index contributed by atoms with van der Waals surface area (Å²) in [6.07, 6.45) is 0. The molecule has 1 heterocycles. The maximum Gasteiger partial charge on any atom is 0.261 e. The van der Waals surface area contributed by atoms with Crippen molar-refractivity contribution >= 4 is 38.6 Å². The summed E-state index contributed by atoms with van der Waals surface area (Å²) in [7, 11) is -3.59. The van der Waals surface area contributed by atoms with Crippen LogP contribution < -0.4 is 10.0 Å². The fraction of sp³-hybridized carbons (Fsp3) is 0.286. The zero-order chi connectivity index (χ0) is 15.5. The lowest BCUT2D eigenvalue weighted by molar-refractivity contribution is 0.587. The van der Waals surface area contributed by atoms with Gasteiger partial charge in [-0.25, -0.2) is 8.42 Å². The van der Waals surface area contributed by atoms with E-state index in [1.807, 2.05) is 19.2 Å². The lowest BCUT2D eigenvalue weighted by Crippen LogP contribution is -2.22. The monoisotopic (exact) mass is 344 g/mol.